The third-order valence-electron chi connectivity index (χ3n) is 3.49. The molecule has 1 aliphatic rings. The smallest absolute Gasteiger partial charge is 0.303 e. The van der Waals surface area contributed by atoms with E-state index in [1.54, 1.807) is 0 Å². The monoisotopic (exact) mass is 249 g/mol. The minimum atomic E-state index is -0.824. The molecule has 0 aliphatic carbocycles. The number of carboxylic acids is 1. The summed E-state index contributed by atoms with van der Waals surface area (Å²) in [5, 5.41) is 18.7. The highest BCUT2D eigenvalue weighted by molar-refractivity contribution is 5.67. The number of rotatable bonds is 4. The van der Waals surface area contributed by atoms with Crippen LogP contribution in [0.4, 0.5) is 0 Å². The third-order valence-corrected chi connectivity index (χ3v) is 3.49. The Morgan fingerprint density at radius 3 is 2.67 bits per heavy atom. The van der Waals surface area contributed by atoms with E-state index in [-0.39, 0.29) is 12.3 Å². The molecule has 4 heteroatoms. The predicted molar refractivity (Wildman–Crippen MR) is 68.1 cm³/mol. The maximum absolute atomic E-state index is 10.7. The average Bonchev–Trinajstić information content (AvgIpc) is 2.33. The van der Waals surface area contributed by atoms with Crippen molar-refractivity contribution in [2.24, 2.45) is 5.92 Å². The van der Waals surface area contributed by atoms with E-state index >= 15 is 0 Å². The fraction of sp³-hybridized carbons (Fsp3) is 0.500. The van der Waals surface area contributed by atoms with Gasteiger partial charge in [-0.05, 0) is 24.4 Å². The lowest BCUT2D eigenvalue weighted by Crippen LogP contribution is -2.43. The van der Waals surface area contributed by atoms with Crippen molar-refractivity contribution in [1.29, 1.82) is 0 Å². The number of likely N-dealkylation sites (tertiary alicyclic amines) is 1. The summed E-state index contributed by atoms with van der Waals surface area (Å²) in [5.74, 6) is -0.926. The molecular formula is C14H19NO3. The molecule has 2 N–H and O–H groups in total. The molecule has 1 aromatic carbocycles. The summed E-state index contributed by atoms with van der Waals surface area (Å²) < 4.78 is 0. The van der Waals surface area contributed by atoms with Crippen molar-refractivity contribution in [2.45, 2.75) is 25.5 Å². The molecule has 1 heterocycles. The summed E-state index contributed by atoms with van der Waals surface area (Å²) in [4.78, 5) is 12.8. The van der Waals surface area contributed by atoms with Gasteiger partial charge >= 0.3 is 5.97 Å². The molecule has 1 aliphatic heterocycles. The molecule has 18 heavy (non-hydrogen) atoms. The van der Waals surface area contributed by atoms with Crippen molar-refractivity contribution in [1.82, 2.24) is 4.90 Å². The number of aliphatic hydroxyl groups excluding tert-OH is 1. The predicted octanol–water partition coefficient (Wildman–Crippen LogP) is 1.34. The van der Waals surface area contributed by atoms with E-state index in [1.807, 2.05) is 18.2 Å². The second-order valence-electron chi connectivity index (χ2n) is 4.93. The van der Waals surface area contributed by atoms with Crippen LogP contribution in [0.1, 0.15) is 18.4 Å². The average molecular weight is 249 g/mol. The Hall–Kier alpha value is -1.39. The Bertz CT molecular complexity index is 393. The Labute approximate surface area is 107 Å². The molecule has 1 saturated heterocycles. The fourth-order valence-corrected chi connectivity index (χ4v) is 2.49. The number of aliphatic hydroxyl groups is 1. The van der Waals surface area contributed by atoms with Crippen molar-refractivity contribution in [3.8, 4) is 0 Å². The lowest BCUT2D eigenvalue weighted by molar-refractivity contribution is -0.140. The Kier molecular flexibility index (Phi) is 4.33. The number of carboxylic acid groups (broad SMARTS) is 1. The first-order valence-electron chi connectivity index (χ1n) is 6.31. The second kappa shape index (κ2) is 5.98. The standard InChI is InChI=1S/C14H19NO3/c16-13-10-15(7-6-12(13)8-14(17)18)9-11-4-2-1-3-5-11/h1-5,12-13,16H,6-10H2,(H,17,18). The van der Waals surface area contributed by atoms with Gasteiger partial charge in [-0.1, -0.05) is 30.3 Å². The molecule has 98 valence electrons. The topological polar surface area (TPSA) is 60.8 Å². The molecule has 4 nitrogen and oxygen atoms in total. The number of carbonyl (C=O) groups is 1. The van der Waals surface area contributed by atoms with Crippen LogP contribution >= 0.6 is 0 Å². The van der Waals surface area contributed by atoms with Gasteiger partial charge in [0.1, 0.15) is 0 Å². The van der Waals surface area contributed by atoms with Gasteiger partial charge in [0.05, 0.1) is 12.5 Å². The van der Waals surface area contributed by atoms with Crippen LogP contribution in [0, 0.1) is 5.92 Å². The largest absolute Gasteiger partial charge is 0.481 e. The lowest BCUT2D eigenvalue weighted by atomic mass is 9.90. The molecule has 0 aromatic heterocycles. The van der Waals surface area contributed by atoms with Gasteiger partial charge in [0.25, 0.3) is 0 Å². The number of nitrogens with zero attached hydrogens (tertiary/aromatic N) is 1. The Morgan fingerprint density at radius 1 is 1.33 bits per heavy atom. The van der Waals surface area contributed by atoms with Gasteiger partial charge in [-0.3, -0.25) is 9.69 Å². The van der Waals surface area contributed by atoms with Gasteiger partial charge in [-0.25, -0.2) is 0 Å². The number of piperidine rings is 1. The summed E-state index contributed by atoms with van der Waals surface area (Å²) in [6.07, 6.45) is 0.291. The van der Waals surface area contributed by atoms with Crippen LogP contribution in [0.25, 0.3) is 0 Å². The van der Waals surface area contributed by atoms with E-state index in [2.05, 4.69) is 17.0 Å². The highest BCUT2D eigenvalue weighted by Crippen LogP contribution is 2.22. The van der Waals surface area contributed by atoms with Crippen LogP contribution in [0.15, 0.2) is 30.3 Å². The Balaban J connectivity index is 1.86. The number of β-amino-alcohol motifs (C(OH)–C–C–N with tert-alkyl or cyclic N) is 1. The maximum atomic E-state index is 10.7. The van der Waals surface area contributed by atoms with Gasteiger partial charge < -0.3 is 10.2 Å². The molecule has 2 rings (SSSR count). The molecule has 0 spiro atoms. The van der Waals surface area contributed by atoms with Crippen LogP contribution in [0.3, 0.4) is 0 Å². The molecule has 1 fully saturated rings. The number of hydrogen-bond acceptors (Lipinski definition) is 3. The van der Waals surface area contributed by atoms with Crippen molar-refractivity contribution < 1.29 is 15.0 Å². The summed E-state index contributed by atoms with van der Waals surface area (Å²) in [6.45, 7) is 2.23. The lowest BCUT2D eigenvalue weighted by Gasteiger charge is -2.35. The first-order valence-corrected chi connectivity index (χ1v) is 6.31. The van der Waals surface area contributed by atoms with Crippen LogP contribution in [0.2, 0.25) is 0 Å². The molecular weight excluding hydrogens is 230 g/mol. The molecule has 1 aromatic rings. The van der Waals surface area contributed by atoms with Crippen molar-refractivity contribution in [2.75, 3.05) is 13.1 Å². The molecule has 2 atom stereocenters. The van der Waals surface area contributed by atoms with Gasteiger partial charge in [-0.2, -0.15) is 0 Å². The van der Waals surface area contributed by atoms with E-state index in [0.717, 1.165) is 19.5 Å². The quantitative estimate of drug-likeness (QED) is 0.845. The van der Waals surface area contributed by atoms with E-state index in [1.165, 1.54) is 5.56 Å². The zero-order valence-corrected chi connectivity index (χ0v) is 10.3. The van der Waals surface area contributed by atoms with Gasteiger partial charge in [0, 0.05) is 13.1 Å². The molecule has 2 unspecified atom stereocenters. The fourth-order valence-electron chi connectivity index (χ4n) is 2.49. The zero-order valence-electron chi connectivity index (χ0n) is 10.3. The van der Waals surface area contributed by atoms with E-state index in [4.69, 9.17) is 5.11 Å². The van der Waals surface area contributed by atoms with E-state index < -0.39 is 12.1 Å². The first-order chi connectivity index (χ1) is 8.65. The molecule has 0 saturated carbocycles. The molecule has 0 bridgehead atoms. The zero-order chi connectivity index (χ0) is 13.0. The highest BCUT2D eigenvalue weighted by Gasteiger charge is 2.29. The summed E-state index contributed by atoms with van der Waals surface area (Å²) in [5.41, 5.74) is 1.22. The summed E-state index contributed by atoms with van der Waals surface area (Å²) in [6, 6.07) is 10.1. The Morgan fingerprint density at radius 2 is 2.06 bits per heavy atom. The van der Waals surface area contributed by atoms with Crippen LogP contribution in [-0.2, 0) is 11.3 Å². The highest BCUT2D eigenvalue weighted by atomic mass is 16.4. The van der Waals surface area contributed by atoms with Crippen LogP contribution < -0.4 is 0 Å². The van der Waals surface area contributed by atoms with Crippen molar-refractivity contribution in [3.05, 3.63) is 35.9 Å². The number of hydrogen-bond donors (Lipinski definition) is 2. The normalized spacial score (nSPS) is 24.9. The third kappa shape index (κ3) is 3.55. The van der Waals surface area contributed by atoms with Crippen LogP contribution in [0.5, 0.6) is 0 Å². The molecule has 0 radical (unpaired) electrons. The number of benzene rings is 1. The minimum Gasteiger partial charge on any atom is -0.481 e. The summed E-state index contributed by atoms with van der Waals surface area (Å²) >= 11 is 0. The van der Waals surface area contributed by atoms with Crippen molar-refractivity contribution >= 4 is 5.97 Å². The van der Waals surface area contributed by atoms with E-state index in [0.29, 0.717) is 6.54 Å². The SMILES string of the molecule is O=C(O)CC1CCN(Cc2ccccc2)CC1O. The van der Waals surface area contributed by atoms with Gasteiger partial charge in [0.2, 0.25) is 0 Å². The molecule has 0 amide bonds. The summed E-state index contributed by atoms with van der Waals surface area (Å²) in [7, 11) is 0. The van der Waals surface area contributed by atoms with Gasteiger partial charge in [0.15, 0.2) is 0 Å². The first kappa shape index (κ1) is 13.1. The maximum Gasteiger partial charge on any atom is 0.303 e. The van der Waals surface area contributed by atoms with Crippen LogP contribution in [-0.4, -0.2) is 40.3 Å². The minimum absolute atomic E-state index is 0.0698. The van der Waals surface area contributed by atoms with Crippen molar-refractivity contribution in [3.63, 3.8) is 0 Å². The second-order valence-corrected chi connectivity index (χ2v) is 4.93. The van der Waals surface area contributed by atoms with E-state index in [9.17, 15) is 9.90 Å². The van der Waals surface area contributed by atoms with Gasteiger partial charge in [-0.15, -0.1) is 0 Å². The number of aliphatic carboxylic acids is 1.